The molecule has 26 heavy (non-hydrogen) atoms. The SMILES string of the molecule is Cc1cc(C)c(NC(=O)CN(C)C(=O)c2ccc(C)c(C)c2O)c(C)c1. The van der Waals surface area contributed by atoms with Crippen LogP contribution in [0.25, 0.3) is 0 Å². The summed E-state index contributed by atoms with van der Waals surface area (Å²) in [4.78, 5) is 26.3. The Morgan fingerprint density at radius 1 is 1.00 bits per heavy atom. The number of aryl methyl sites for hydroxylation is 4. The average Bonchev–Trinajstić information content (AvgIpc) is 2.55. The molecule has 2 rings (SSSR count). The highest BCUT2D eigenvalue weighted by atomic mass is 16.3. The van der Waals surface area contributed by atoms with Crippen LogP contribution in [-0.4, -0.2) is 35.4 Å². The number of benzene rings is 2. The average molecular weight is 354 g/mol. The van der Waals surface area contributed by atoms with Crippen LogP contribution in [0, 0.1) is 34.6 Å². The second-order valence-corrected chi connectivity index (χ2v) is 6.89. The van der Waals surface area contributed by atoms with Gasteiger partial charge in [0, 0.05) is 12.7 Å². The Bertz CT molecular complexity index is 849. The van der Waals surface area contributed by atoms with Crippen LogP contribution in [0.2, 0.25) is 0 Å². The summed E-state index contributed by atoms with van der Waals surface area (Å²) < 4.78 is 0. The normalized spacial score (nSPS) is 10.5. The topological polar surface area (TPSA) is 69.6 Å². The monoisotopic (exact) mass is 354 g/mol. The van der Waals surface area contributed by atoms with Crippen molar-refractivity contribution in [1.82, 2.24) is 4.90 Å². The molecule has 0 aliphatic heterocycles. The number of aromatic hydroxyl groups is 1. The van der Waals surface area contributed by atoms with Gasteiger partial charge in [-0.1, -0.05) is 23.8 Å². The molecule has 2 amide bonds. The molecule has 0 atom stereocenters. The van der Waals surface area contributed by atoms with E-state index in [9.17, 15) is 14.7 Å². The Labute approximate surface area is 154 Å². The van der Waals surface area contributed by atoms with Crippen LogP contribution in [0.4, 0.5) is 5.69 Å². The number of carbonyl (C=O) groups is 2. The van der Waals surface area contributed by atoms with Crippen molar-refractivity contribution in [3.63, 3.8) is 0 Å². The molecule has 2 aromatic rings. The summed E-state index contributed by atoms with van der Waals surface area (Å²) in [5.41, 5.74) is 5.65. The minimum atomic E-state index is -0.391. The van der Waals surface area contributed by atoms with Crippen LogP contribution in [-0.2, 0) is 4.79 Å². The highest BCUT2D eigenvalue weighted by molar-refractivity contribution is 6.01. The third-order valence-corrected chi connectivity index (χ3v) is 4.60. The van der Waals surface area contributed by atoms with Crippen molar-refractivity contribution in [2.45, 2.75) is 34.6 Å². The van der Waals surface area contributed by atoms with Gasteiger partial charge in [-0.2, -0.15) is 0 Å². The van der Waals surface area contributed by atoms with E-state index in [0.29, 0.717) is 5.56 Å². The standard InChI is InChI=1S/C21H26N2O3/c1-12-9-14(3)19(15(4)10-12)22-18(24)11-23(6)21(26)17-8-7-13(2)16(5)20(17)25/h7-10,25H,11H2,1-6H3,(H,22,24). The van der Waals surface area contributed by atoms with Crippen molar-refractivity contribution >= 4 is 17.5 Å². The van der Waals surface area contributed by atoms with Crippen molar-refractivity contribution in [3.05, 3.63) is 57.6 Å². The van der Waals surface area contributed by atoms with E-state index >= 15 is 0 Å². The lowest BCUT2D eigenvalue weighted by Gasteiger charge is -2.19. The van der Waals surface area contributed by atoms with Gasteiger partial charge in [0.2, 0.25) is 5.91 Å². The van der Waals surface area contributed by atoms with E-state index in [-0.39, 0.29) is 23.8 Å². The Kier molecular flexibility index (Phi) is 5.70. The number of phenols is 1. The van der Waals surface area contributed by atoms with E-state index in [0.717, 1.165) is 27.9 Å². The zero-order valence-electron chi connectivity index (χ0n) is 16.2. The van der Waals surface area contributed by atoms with Crippen LogP contribution < -0.4 is 5.32 Å². The third kappa shape index (κ3) is 4.04. The third-order valence-electron chi connectivity index (χ3n) is 4.60. The van der Waals surface area contributed by atoms with Crippen LogP contribution in [0.5, 0.6) is 5.75 Å². The highest BCUT2D eigenvalue weighted by Gasteiger charge is 2.20. The molecular formula is C21H26N2O3. The molecule has 0 fully saturated rings. The second-order valence-electron chi connectivity index (χ2n) is 6.89. The van der Waals surface area contributed by atoms with Crippen molar-refractivity contribution in [1.29, 1.82) is 0 Å². The maximum atomic E-state index is 12.6. The molecule has 0 unspecified atom stereocenters. The van der Waals surface area contributed by atoms with Crippen LogP contribution in [0.3, 0.4) is 0 Å². The molecule has 0 heterocycles. The fourth-order valence-electron chi connectivity index (χ4n) is 3.02. The number of phenolic OH excluding ortho intramolecular Hbond substituents is 1. The van der Waals surface area contributed by atoms with Crippen LogP contribution in [0.15, 0.2) is 24.3 Å². The zero-order chi connectivity index (χ0) is 19.6. The summed E-state index contributed by atoms with van der Waals surface area (Å²) in [5.74, 6) is -0.704. The van der Waals surface area contributed by atoms with Gasteiger partial charge in [-0.25, -0.2) is 0 Å². The van der Waals surface area contributed by atoms with Crippen molar-refractivity contribution in [2.75, 3.05) is 18.9 Å². The first-order valence-electron chi connectivity index (χ1n) is 8.54. The number of hydrogen-bond acceptors (Lipinski definition) is 3. The molecule has 138 valence electrons. The van der Waals surface area contributed by atoms with Crippen molar-refractivity contribution < 1.29 is 14.7 Å². The fourth-order valence-corrected chi connectivity index (χ4v) is 3.02. The molecule has 5 heteroatoms. The van der Waals surface area contributed by atoms with E-state index in [1.165, 1.54) is 4.90 Å². The summed E-state index contributed by atoms with van der Waals surface area (Å²) in [6.07, 6.45) is 0. The Morgan fingerprint density at radius 2 is 1.58 bits per heavy atom. The molecule has 0 aliphatic rings. The van der Waals surface area contributed by atoms with E-state index in [1.807, 2.05) is 39.8 Å². The van der Waals surface area contributed by atoms with E-state index < -0.39 is 5.91 Å². The molecule has 0 saturated heterocycles. The maximum absolute atomic E-state index is 12.6. The van der Waals surface area contributed by atoms with Gasteiger partial charge in [-0.15, -0.1) is 0 Å². The minimum Gasteiger partial charge on any atom is -0.507 e. The van der Waals surface area contributed by atoms with E-state index in [1.54, 1.807) is 26.1 Å². The van der Waals surface area contributed by atoms with Gasteiger partial charge in [0.25, 0.3) is 5.91 Å². The second kappa shape index (κ2) is 7.60. The Hall–Kier alpha value is -2.82. The van der Waals surface area contributed by atoms with Gasteiger partial charge in [-0.3, -0.25) is 9.59 Å². The summed E-state index contributed by atoms with van der Waals surface area (Å²) >= 11 is 0. The number of amides is 2. The predicted octanol–water partition coefficient (Wildman–Crippen LogP) is 3.65. The van der Waals surface area contributed by atoms with E-state index in [2.05, 4.69) is 5.32 Å². The molecule has 0 bridgehead atoms. The highest BCUT2D eigenvalue weighted by Crippen LogP contribution is 2.26. The smallest absolute Gasteiger partial charge is 0.257 e. The minimum absolute atomic E-state index is 0.0347. The van der Waals surface area contributed by atoms with Crippen molar-refractivity contribution in [3.8, 4) is 5.75 Å². The number of rotatable bonds is 4. The molecule has 2 N–H and O–H groups in total. The molecule has 0 aromatic heterocycles. The first kappa shape index (κ1) is 19.5. The zero-order valence-corrected chi connectivity index (χ0v) is 16.2. The number of likely N-dealkylation sites (N-methyl/N-ethyl adjacent to an activating group) is 1. The van der Waals surface area contributed by atoms with Gasteiger partial charge in [0.05, 0.1) is 12.1 Å². The van der Waals surface area contributed by atoms with Crippen LogP contribution >= 0.6 is 0 Å². The van der Waals surface area contributed by atoms with Gasteiger partial charge in [0.1, 0.15) is 5.75 Å². The number of nitrogens with one attached hydrogen (secondary N) is 1. The molecule has 5 nitrogen and oxygen atoms in total. The molecule has 0 spiro atoms. The molecular weight excluding hydrogens is 328 g/mol. The first-order valence-corrected chi connectivity index (χ1v) is 8.54. The number of hydrogen-bond donors (Lipinski definition) is 2. The van der Waals surface area contributed by atoms with E-state index in [4.69, 9.17) is 0 Å². The van der Waals surface area contributed by atoms with Crippen molar-refractivity contribution in [2.24, 2.45) is 0 Å². The summed E-state index contributed by atoms with van der Waals surface area (Å²) in [7, 11) is 1.55. The van der Waals surface area contributed by atoms with Gasteiger partial charge >= 0.3 is 0 Å². The Balaban J connectivity index is 2.12. The quantitative estimate of drug-likeness (QED) is 0.880. The lowest BCUT2D eigenvalue weighted by atomic mass is 10.0. The number of carbonyl (C=O) groups excluding carboxylic acids is 2. The number of anilines is 1. The molecule has 2 aromatic carbocycles. The predicted molar refractivity (Wildman–Crippen MR) is 104 cm³/mol. The number of nitrogens with zero attached hydrogens (tertiary/aromatic N) is 1. The summed E-state index contributed by atoms with van der Waals surface area (Å²) in [6, 6.07) is 7.38. The largest absolute Gasteiger partial charge is 0.507 e. The van der Waals surface area contributed by atoms with Gasteiger partial charge in [0.15, 0.2) is 0 Å². The lowest BCUT2D eigenvalue weighted by Crippen LogP contribution is -2.35. The van der Waals surface area contributed by atoms with Crippen LogP contribution in [0.1, 0.15) is 38.2 Å². The molecule has 0 saturated carbocycles. The Morgan fingerprint density at radius 3 is 2.15 bits per heavy atom. The molecule has 0 radical (unpaired) electrons. The summed E-state index contributed by atoms with van der Waals surface area (Å²) in [6.45, 7) is 9.42. The van der Waals surface area contributed by atoms with Gasteiger partial charge in [-0.05, 0) is 62.9 Å². The first-order chi connectivity index (χ1) is 12.1. The van der Waals surface area contributed by atoms with Gasteiger partial charge < -0.3 is 15.3 Å². The molecule has 0 aliphatic carbocycles. The fraction of sp³-hybridized carbons (Fsp3) is 0.333. The summed E-state index contributed by atoms with van der Waals surface area (Å²) in [5, 5.41) is 13.1. The lowest BCUT2D eigenvalue weighted by molar-refractivity contribution is -0.116. The maximum Gasteiger partial charge on any atom is 0.257 e.